The normalized spacial score (nSPS) is 11.4. The third kappa shape index (κ3) is 3.16. The lowest BCUT2D eigenvalue weighted by atomic mass is 9.88. The van der Waals surface area contributed by atoms with Gasteiger partial charge in [0.1, 0.15) is 23.3 Å². The van der Waals surface area contributed by atoms with Crippen LogP contribution in [0.25, 0.3) is 21.8 Å². The molecule has 0 radical (unpaired) electrons. The number of benzene rings is 2. The average Bonchev–Trinajstić information content (AvgIpc) is 3.02. The zero-order chi connectivity index (χ0) is 19.9. The van der Waals surface area contributed by atoms with Crippen molar-refractivity contribution >= 4 is 55.2 Å². The molecule has 0 atom stereocenters. The first kappa shape index (κ1) is 19.2. The zero-order valence-electron chi connectivity index (χ0n) is 14.9. The molecule has 0 spiro atoms. The minimum Gasteiger partial charge on any atom is -0.366 e. The van der Waals surface area contributed by atoms with Gasteiger partial charge in [-0.25, -0.2) is 4.39 Å². The Kier molecular flexibility index (Phi) is 5.15. The molecular weight excluding hydrogens is 415 g/mol. The number of halogens is 2. The van der Waals surface area contributed by atoms with Crippen LogP contribution < -0.4 is 5.73 Å². The van der Waals surface area contributed by atoms with E-state index in [2.05, 4.69) is 20.9 Å². The standard InChI is InChI=1S/C20H18BrFN2O3/c1-3-14(25)16(15(26)4-2)9-5-6-10-13(7-9)24-19-11(20(23)27)8-12(22)18(21)17(10)19/h5-8,16,24H,3-4H2,1-2H3,(H2,23,27). The van der Waals surface area contributed by atoms with Crippen LogP contribution in [0.15, 0.2) is 28.7 Å². The van der Waals surface area contributed by atoms with Crippen LogP contribution >= 0.6 is 15.9 Å². The number of nitrogens with two attached hydrogens (primary N) is 1. The summed E-state index contributed by atoms with van der Waals surface area (Å²) in [4.78, 5) is 39.4. The van der Waals surface area contributed by atoms with Gasteiger partial charge in [-0.15, -0.1) is 0 Å². The van der Waals surface area contributed by atoms with Crippen molar-refractivity contribution in [1.29, 1.82) is 0 Å². The summed E-state index contributed by atoms with van der Waals surface area (Å²) in [6, 6.07) is 6.20. The second-order valence-corrected chi connectivity index (χ2v) is 7.13. The van der Waals surface area contributed by atoms with Crippen molar-refractivity contribution in [2.75, 3.05) is 0 Å². The Morgan fingerprint density at radius 3 is 2.33 bits per heavy atom. The summed E-state index contributed by atoms with van der Waals surface area (Å²) >= 11 is 3.23. The fraction of sp³-hybridized carbons (Fsp3) is 0.250. The highest BCUT2D eigenvalue weighted by Crippen LogP contribution is 2.37. The van der Waals surface area contributed by atoms with Gasteiger partial charge in [-0.3, -0.25) is 14.4 Å². The monoisotopic (exact) mass is 432 g/mol. The smallest absolute Gasteiger partial charge is 0.250 e. The fourth-order valence-electron chi connectivity index (χ4n) is 3.36. The van der Waals surface area contributed by atoms with Crippen molar-refractivity contribution in [3.63, 3.8) is 0 Å². The number of hydrogen-bond acceptors (Lipinski definition) is 3. The Balaban J connectivity index is 2.30. The van der Waals surface area contributed by atoms with Crippen LogP contribution in [-0.2, 0) is 9.59 Å². The van der Waals surface area contributed by atoms with Gasteiger partial charge in [0.15, 0.2) is 0 Å². The Morgan fingerprint density at radius 2 is 1.78 bits per heavy atom. The van der Waals surface area contributed by atoms with Crippen molar-refractivity contribution in [3.05, 3.63) is 45.7 Å². The number of aromatic nitrogens is 1. The van der Waals surface area contributed by atoms with E-state index in [1.807, 2.05) is 0 Å². The first-order valence-electron chi connectivity index (χ1n) is 8.58. The number of nitrogens with one attached hydrogen (secondary N) is 1. The third-order valence-corrected chi connectivity index (χ3v) is 5.51. The predicted octanol–water partition coefficient (Wildman–Crippen LogP) is 4.36. The van der Waals surface area contributed by atoms with Crippen LogP contribution in [-0.4, -0.2) is 22.5 Å². The highest BCUT2D eigenvalue weighted by molar-refractivity contribution is 9.10. The predicted molar refractivity (Wildman–Crippen MR) is 105 cm³/mol. The molecule has 0 aliphatic carbocycles. The number of fused-ring (bicyclic) bond motifs is 3. The lowest BCUT2D eigenvalue weighted by Gasteiger charge is -2.13. The lowest BCUT2D eigenvalue weighted by Crippen LogP contribution is -2.20. The lowest BCUT2D eigenvalue weighted by molar-refractivity contribution is -0.128. The molecule has 0 saturated heterocycles. The summed E-state index contributed by atoms with van der Waals surface area (Å²) in [6.07, 6.45) is 0.507. The highest BCUT2D eigenvalue weighted by Gasteiger charge is 2.26. The van der Waals surface area contributed by atoms with Crippen LogP contribution in [0.3, 0.4) is 0 Å². The molecule has 27 heavy (non-hydrogen) atoms. The number of H-pyrrole nitrogens is 1. The number of hydrogen-bond donors (Lipinski definition) is 2. The first-order chi connectivity index (χ1) is 12.8. The molecule has 0 aliphatic rings. The number of Topliss-reactive ketones (excluding diaryl/α,β-unsaturated/α-hetero) is 2. The number of rotatable bonds is 6. The van der Waals surface area contributed by atoms with E-state index in [1.54, 1.807) is 32.0 Å². The number of amides is 1. The van der Waals surface area contributed by atoms with Crippen molar-refractivity contribution in [2.45, 2.75) is 32.6 Å². The molecule has 0 aliphatic heterocycles. The topological polar surface area (TPSA) is 93.0 Å². The summed E-state index contributed by atoms with van der Waals surface area (Å²) in [5, 5.41) is 1.15. The Labute approximate surface area is 163 Å². The van der Waals surface area contributed by atoms with Crippen LogP contribution in [0.1, 0.15) is 48.5 Å². The molecule has 0 unspecified atom stereocenters. The van der Waals surface area contributed by atoms with Gasteiger partial charge in [0, 0.05) is 29.1 Å². The van der Waals surface area contributed by atoms with Gasteiger partial charge in [-0.1, -0.05) is 26.0 Å². The molecular formula is C20H18BrFN2O3. The van der Waals surface area contributed by atoms with Gasteiger partial charge in [-0.05, 0) is 33.6 Å². The fourth-order valence-corrected chi connectivity index (χ4v) is 3.89. The summed E-state index contributed by atoms with van der Waals surface area (Å²) in [5.74, 6) is -2.48. The average molecular weight is 433 g/mol. The van der Waals surface area contributed by atoms with E-state index in [9.17, 15) is 18.8 Å². The summed E-state index contributed by atoms with van der Waals surface area (Å²) in [6.45, 7) is 3.44. The van der Waals surface area contributed by atoms with Crippen molar-refractivity contribution < 1.29 is 18.8 Å². The summed E-state index contributed by atoms with van der Waals surface area (Å²) < 4.78 is 14.4. The van der Waals surface area contributed by atoms with Crippen molar-refractivity contribution in [2.24, 2.45) is 5.73 Å². The Morgan fingerprint density at radius 1 is 1.15 bits per heavy atom. The number of carbonyl (C=O) groups is 3. The van der Waals surface area contributed by atoms with Gasteiger partial charge in [0.2, 0.25) is 0 Å². The van der Waals surface area contributed by atoms with E-state index in [0.29, 0.717) is 27.4 Å². The van der Waals surface area contributed by atoms with E-state index in [1.165, 1.54) is 0 Å². The van der Waals surface area contributed by atoms with Gasteiger partial charge in [-0.2, -0.15) is 0 Å². The van der Waals surface area contributed by atoms with Crippen LogP contribution in [0, 0.1) is 5.82 Å². The van der Waals surface area contributed by atoms with Crippen LogP contribution in [0.2, 0.25) is 0 Å². The maximum absolute atomic E-state index is 14.2. The van der Waals surface area contributed by atoms with Crippen molar-refractivity contribution in [3.8, 4) is 0 Å². The van der Waals surface area contributed by atoms with E-state index in [4.69, 9.17) is 5.73 Å². The summed E-state index contributed by atoms with van der Waals surface area (Å²) in [7, 11) is 0. The molecule has 0 bridgehead atoms. The van der Waals surface area contributed by atoms with Gasteiger partial charge < -0.3 is 10.7 Å². The van der Waals surface area contributed by atoms with Gasteiger partial charge in [0.25, 0.3) is 5.91 Å². The zero-order valence-corrected chi connectivity index (χ0v) is 16.4. The molecule has 7 heteroatoms. The second kappa shape index (κ2) is 7.23. The van der Waals surface area contributed by atoms with Crippen LogP contribution in [0.4, 0.5) is 4.39 Å². The number of primary amides is 1. The maximum Gasteiger partial charge on any atom is 0.250 e. The molecule has 1 amide bonds. The molecule has 2 aromatic carbocycles. The SMILES string of the molecule is CCC(=O)C(C(=O)CC)c1ccc2c(c1)[nH]c1c(C(N)=O)cc(F)c(Br)c12. The molecule has 0 saturated carbocycles. The van der Waals surface area contributed by atoms with Crippen LogP contribution in [0.5, 0.6) is 0 Å². The number of carbonyl (C=O) groups excluding carboxylic acids is 3. The molecule has 1 heterocycles. The van der Waals surface area contributed by atoms with Gasteiger partial charge >= 0.3 is 0 Å². The highest BCUT2D eigenvalue weighted by atomic mass is 79.9. The molecule has 3 rings (SSSR count). The second-order valence-electron chi connectivity index (χ2n) is 6.34. The third-order valence-electron chi connectivity index (χ3n) is 4.73. The quantitative estimate of drug-likeness (QED) is 0.566. The van der Waals surface area contributed by atoms with Crippen molar-refractivity contribution in [1.82, 2.24) is 4.98 Å². The van der Waals surface area contributed by atoms with Gasteiger partial charge in [0.05, 0.1) is 15.6 Å². The number of aromatic amines is 1. The minimum atomic E-state index is -0.827. The summed E-state index contributed by atoms with van der Waals surface area (Å²) in [5.41, 5.74) is 6.99. The van der Waals surface area contributed by atoms with E-state index >= 15 is 0 Å². The molecule has 1 aromatic heterocycles. The van der Waals surface area contributed by atoms with E-state index in [-0.39, 0.29) is 34.4 Å². The largest absolute Gasteiger partial charge is 0.366 e. The molecule has 3 aromatic rings. The first-order valence-corrected chi connectivity index (χ1v) is 9.37. The maximum atomic E-state index is 14.2. The molecule has 5 nitrogen and oxygen atoms in total. The Hall–Kier alpha value is -2.54. The van der Waals surface area contributed by atoms with E-state index < -0.39 is 17.6 Å². The Bertz CT molecular complexity index is 1090. The minimum absolute atomic E-state index is 0.0364. The van der Waals surface area contributed by atoms with E-state index in [0.717, 1.165) is 6.07 Å². The molecule has 3 N–H and O–H groups in total. The number of ketones is 2. The molecule has 140 valence electrons. The molecule has 0 fully saturated rings.